The fraction of sp³-hybridized carbons (Fsp3) is 0.263. The van der Waals surface area contributed by atoms with Crippen molar-refractivity contribution < 1.29 is 4.74 Å². The Bertz CT molecular complexity index is 840. The molecule has 6 nitrogen and oxygen atoms in total. The summed E-state index contributed by atoms with van der Waals surface area (Å²) in [5, 5.41) is 7.82. The molecule has 0 radical (unpaired) electrons. The fourth-order valence-corrected chi connectivity index (χ4v) is 2.99. The number of morpholine rings is 1. The summed E-state index contributed by atoms with van der Waals surface area (Å²) in [5.41, 5.74) is 4.39. The molecule has 0 bridgehead atoms. The summed E-state index contributed by atoms with van der Waals surface area (Å²) < 4.78 is 7.21. The monoisotopic (exact) mass is 335 g/mol. The van der Waals surface area contributed by atoms with Crippen LogP contribution in [0.25, 0.3) is 5.69 Å². The molecule has 1 aliphatic heterocycles. The summed E-state index contributed by atoms with van der Waals surface area (Å²) in [6.07, 6.45) is 1.72. The second-order valence-corrected chi connectivity index (χ2v) is 6.13. The maximum absolute atomic E-state index is 5.44. The molecule has 0 spiro atoms. The Labute approximate surface area is 147 Å². The zero-order valence-electron chi connectivity index (χ0n) is 14.2. The summed E-state index contributed by atoms with van der Waals surface area (Å²) in [6, 6.07) is 16.4. The second kappa shape index (κ2) is 6.94. The lowest BCUT2D eigenvalue weighted by molar-refractivity contribution is 0.122. The molecule has 6 heteroatoms. The van der Waals surface area contributed by atoms with Gasteiger partial charge in [0.05, 0.1) is 18.9 Å². The van der Waals surface area contributed by atoms with Gasteiger partial charge in [0.25, 0.3) is 0 Å². The molecule has 128 valence electrons. The molecular weight excluding hydrogens is 314 g/mol. The van der Waals surface area contributed by atoms with Gasteiger partial charge in [-0.05, 0) is 42.8 Å². The van der Waals surface area contributed by atoms with Crippen molar-refractivity contribution in [2.75, 3.05) is 36.5 Å². The van der Waals surface area contributed by atoms with E-state index in [0.29, 0.717) is 5.95 Å². The molecule has 1 fully saturated rings. The molecule has 0 atom stereocenters. The third kappa shape index (κ3) is 3.64. The van der Waals surface area contributed by atoms with Gasteiger partial charge < -0.3 is 15.0 Å². The van der Waals surface area contributed by atoms with E-state index in [0.717, 1.165) is 37.7 Å². The molecule has 0 amide bonds. The van der Waals surface area contributed by atoms with E-state index in [1.807, 2.05) is 30.3 Å². The van der Waals surface area contributed by atoms with Gasteiger partial charge in [-0.25, -0.2) is 4.68 Å². The minimum absolute atomic E-state index is 0.586. The number of aryl methyl sites for hydroxylation is 1. The number of para-hydroxylation sites is 1. The second-order valence-electron chi connectivity index (χ2n) is 6.13. The summed E-state index contributed by atoms with van der Waals surface area (Å²) >= 11 is 0. The molecule has 25 heavy (non-hydrogen) atoms. The normalized spacial score (nSPS) is 14.5. The fourth-order valence-electron chi connectivity index (χ4n) is 2.99. The van der Waals surface area contributed by atoms with E-state index in [2.05, 4.69) is 45.4 Å². The van der Waals surface area contributed by atoms with Crippen LogP contribution in [-0.2, 0) is 4.74 Å². The highest BCUT2D eigenvalue weighted by Gasteiger charge is 2.13. The molecule has 1 N–H and O–H groups in total. The van der Waals surface area contributed by atoms with Gasteiger partial charge in [-0.3, -0.25) is 0 Å². The number of benzene rings is 2. The van der Waals surface area contributed by atoms with Gasteiger partial charge in [0.1, 0.15) is 6.33 Å². The van der Waals surface area contributed by atoms with Crippen molar-refractivity contribution in [3.63, 3.8) is 0 Å². The molecule has 2 heterocycles. The summed E-state index contributed by atoms with van der Waals surface area (Å²) in [5.74, 6) is 0.586. The summed E-state index contributed by atoms with van der Waals surface area (Å²) in [4.78, 5) is 6.71. The first-order chi connectivity index (χ1) is 12.3. The van der Waals surface area contributed by atoms with Gasteiger partial charge in [-0.15, -0.1) is 5.10 Å². The third-order valence-electron chi connectivity index (χ3n) is 4.21. The zero-order valence-corrected chi connectivity index (χ0v) is 14.2. The minimum atomic E-state index is 0.586. The van der Waals surface area contributed by atoms with Crippen LogP contribution >= 0.6 is 0 Å². The first kappa shape index (κ1) is 15.7. The number of hydrogen-bond donors (Lipinski definition) is 1. The molecule has 0 unspecified atom stereocenters. The van der Waals surface area contributed by atoms with Crippen LogP contribution in [0.15, 0.2) is 54.9 Å². The molecule has 1 aliphatic rings. The minimum Gasteiger partial charge on any atom is -0.378 e. The lowest BCUT2D eigenvalue weighted by Gasteiger charge is -2.29. The number of hydrogen-bond acceptors (Lipinski definition) is 5. The maximum Gasteiger partial charge on any atom is 0.246 e. The van der Waals surface area contributed by atoms with Crippen LogP contribution in [-0.4, -0.2) is 41.1 Å². The third-order valence-corrected chi connectivity index (χ3v) is 4.21. The van der Waals surface area contributed by atoms with Crippen molar-refractivity contribution in [1.82, 2.24) is 14.8 Å². The molecule has 4 rings (SSSR count). The summed E-state index contributed by atoms with van der Waals surface area (Å²) in [6.45, 7) is 5.50. The van der Waals surface area contributed by atoms with Crippen molar-refractivity contribution in [3.05, 3.63) is 60.4 Å². The lowest BCUT2D eigenvalue weighted by atomic mass is 10.1. The van der Waals surface area contributed by atoms with Gasteiger partial charge in [-0.2, -0.15) is 4.98 Å². The highest BCUT2D eigenvalue weighted by atomic mass is 16.5. The Morgan fingerprint density at radius 3 is 2.60 bits per heavy atom. The average molecular weight is 335 g/mol. The molecule has 1 aromatic heterocycles. The van der Waals surface area contributed by atoms with Crippen LogP contribution in [0.3, 0.4) is 0 Å². The number of nitrogens with one attached hydrogen (secondary N) is 1. The van der Waals surface area contributed by atoms with Crippen molar-refractivity contribution >= 4 is 17.3 Å². The van der Waals surface area contributed by atoms with Gasteiger partial charge in [0.2, 0.25) is 5.95 Å². The van der Waals surface area contributed by atoms with Gasteiger partial charge in [0, 0.05) is 24.5 Å². The van der Waals surface area contributed by atoms with E-state index in [4.69, 9.17) is 4.74 Å². The Kier molecular flexibility index (Phi) is 4.35. The number of rotatable bonds is 4. The molecule has 1 saturated heterocycles. The smallest absolute Gasteiger partial charge is 0.246 e. The summed E-state index contributed by atoms with van der Waals surface area (Å²) in [7, 11) is 0. The van der Waals surface area contributed by atoms with Crippen LogP contribution in [0, 0.1) is 6.92 Å². The van der Waals surface area contributed by atoms with E-state index < -0.39 is 0 Å². The maximum atomic E-state index is 5.44. The van der Waals surface area contributed by atoms with Crippen molar-refractivity contribution in [2.45, 2.75) is 6.92 Å². The highest BCUT2D eigenvalue weighted by Crippen LogP contribution is 2.24. The SMILES string of the molecule is Cc1cc(Nc2ncn(-c3ccccc3)n2)cc(N2CCOCC2)c1. The zero-order chi connectivity index (χ0) is 17.1. The van der Waals surface area contributed by atoms with E-state index in [9.17, 15) is 0 Å². The van der Waals surface area contributed by atoms with Crippen LogP contribution in [0.1, 0.15) is 5.56 Å². The van der Waals surface area contributed by atoms with E-state index in [-0.39, 0.29) is 0 Å². The van der Waals surface area contributed by atoms with Crippen LogP contribution in [0.2, 0.25) is 0 Å². The average Bonchev–Trinajstić information content (AvgIpc) is 3.11. The first-order valence-corrected chi connectivity index (χ1v) is 8.46. The molecule has 2 aromatic carbocycles. The number of ether oxygens (including phenoxy) is 1. The quantitative estimate of drug-likeness (QED) is 0.794. The molecule has 0 aliphatic carbocycles. The molecule has 3 aromatic rings. The van der Waals surface area contributed by atoms with Gasteiger partial charge in [0.15, 0.2) is 0 Å². The van der Waals surface area contributed by atoms with Gasteiger partial charge in [-0.1, -0.05) is 18.2 Å². The molecular formula is C19H21N5O. The van der Waals surface area contributed by atoms with Gasteiger partial charge >= 0.3 is 0 Å². The standard InChI is InChI=1S/C19H21N5O/c1-15-11-16(13-18(12-15)23-7-9-25-10-8-23)21-19-20-14-24(22-19)17-5-3-2-4-6-17/h2-6,11-14H,7-10H2,1H3,(H,21,22). The largest absolute Gasteiger partial charge is 0.378 e. The van der Waals surface area contributed by atoms with Crippen LogP contribution in [0.5, 0.6) is 0 Å². The highest BCUT2D eigenvalue weighted by molar-refractivity contribution is 5.64. The van der Waals surface area contributed by atoms with Crippen molar-refractivity contribution in [1.29, 1.82) is 0 Å². The first-order valence-electron chi connectivity index (χ1n) is 8.46. The Hall–Kier alpha value is -2.86. The number of nitrogens with zero attached hydrogens (tertiary/aromatic N) is 4. The van der Waals surface area contributed by atoms with Crippen molar-refractivity contribution in [3.8, 4) is 5.69 Å². The topological polar surface area (TPSA) is 55.2 Å². The van der Waals surface area contributed by atoms with Crippen LogP contribution in [0.4, 0.5) is 17.3 Å². The Morgan fingerprint density at radius 2 is 1.80 bits per heavy atom. The number of aromatic nitrogens is 3. The van der Waals surface area contributed by atoms with Crippen molar-refractivity contribution in [2.24, 2.45) is 0 Å². The van der Waals surface area contributed by atoms with E-state index >= 15 is 0 Å². The predicted molar refractivity (Wildman–Crippen MR) is 98.9 cm³/mol. The predicted octanol–water partition coefficient (Wildman–Crippen LogP) is 3.16. The van der Waals surface area contributed by atoms with Crippen LogP contribution < -0.4 is 10.2 Å². The lowest BCUT2D eigenvalue weighted by Crippen LogP contribution is -2.36. The van der Waals surface area contributed by atoms with E-state index in [1.54, 1.807) is 11.0 Å². The molecule has 0 saturated carbocycles. The Morgan fingerprint density at radius 1 is 1.00 bits per heavy atom. The number of anilines is 3. The van der Waals surface area contributed by atoms with E-state index in [1.165, 1.54) is 11.3 Å². The Balaban J connectivity index is 1.54.